The molecule has 0 saturated carbocycles. The fraction of sp³-hybridized carbons (Fsp3) is 0.391. The number of fused-ring (bicyclic) bond motifs is 2. The van der Waals surface area contributed by atoms with Gasteiger partial charge in [-0.05, 0) is 31.9 Å². The molecule has 2 aromatic rings. The second kappa shape index (κ2) is 7.77. The van der Waals surface area contributed by atoms with E-state index < -0.39 is 23.8 Å². The van der Waals surface area contributed by atoms with Crippen LogP contribution in [0.1, 0.15) is 31.0 Å². The van der Waals surface area contributed by atoms with E-state index in [1.54, 1.807) is 33.0 Å². The van der Waals surface area contributed by atoms with Crippen LogP contribution in [0, 0.1) is 0 Å². The molecule has 0 aromatic heterocycles. The Hall–Kier alpha value is -3.26. The highest BCUT2D eigenvalue weighted by molar-refractivity contribution is 5.97. The van der Waals surface area contributed by atoms with Crippen molar-refractivity contribution in [3.05, 3.63) is 53.6 Å². The highest BCUT2D eigenvalue weighted by Gasteiger charge is 2.47. The van der Waals surface area contributed by atoms with Crippen LogP contribution in [0.2, 0.25) is 0 Å². The summed E-state index contributed by atoms with van der Waals surface area (Å²) in [5.74, 6) is 0.694. The van der Waals surface area contributed by atoms with Crippen LogP contribution >= 0.6 is 0 Å². The van der Waals surface area contributed by atoms with E-state index in [0.717, 1.165) is 5.56 Å². The van der Waals surface area contributed by atoms with Gasteiger partial charge in [0.1, 0.15) is 23.2 Å². The van der Waals surface area contributed by atoms with Crippen LogP contribution in [0.25, 0.3) is 0 Å². The number of nitrogens with zero attached hydrogens (tertiary/aromatic N) is 2. The van der Waals surface area contributed by atoms with E-state index >= 15 is 0 Å². The largest absolute Gasteiger partial charge is 0.485 e. The summed E-state index contributed by atoms with van der Waals surface area (Å²) in [6.45, 7) is 3.54. The smallest absolute Gasteiger partial charge is 0.407 e. The molecule has 164 valence electrons. The molecule has 0 radical (unpaired) electrons. The second-order valence-electron chi connectivity index (χ2n) is 8.41. The van der Waals surface area contributed by atoms with Crippen LogP contribution in [0.15, 0.2) is 42.5 Å². The normalized spacial score (nSPS) is 21.4. The molecule has 31 heavy (non-hydrogen) atoms. The van der Waals surface area contributed by atoms with E-state index in [9.17, 15) is 19.8 Å². The molecule has 8 heteroatoms. The molecule has 0 bridgehead atoms. The zero-order valence-electron chi connectivity index (χ0n) is 17.7. The van der Waals surface area contributed by atoms with Gasteiger partial charge in [-0.2, -0.15) is 0 Å². The number of carbonyl (C=O) groups excluding carboxylic acids is 1. The van der Waals surface area contributed by atoms with Gasteiger partial charge in [-0.1, -0.05) is 30.3 Å². The first kappa shape index (κ1) is 21.0. The molecule has 2 amide bonds. The summed E-state index contributed by atoms with van der Waals surface area (Å²) in [4.78, 5) is 27.0. The summed E-state index contributed by atoms with van der Waals surface area (Å²) < 4.78 is 11.6. The van der Waals surface area contributed by atoms with E-state index in [1.165, 1.54) is 9.80 Å². The predicted molar refractivity (Wildman–Crippen MR) is 114 cm³/mol. The fourth-order valence-corrected chi connectivity index (χ4v) is 4.11. The summed E-state index contributed by atoms with van der Waals surface area (Å²) in [5, 5.41) is 21.1. The molecule has 2 heterocycles. The average molecular weight is 426 g/mol. The van der Waals surface area contributed by atoms with Crippen LogP contribution in [0.3, 0.4) is 0 Å². The molecule has 0 spiro atoms. The van der Waals surface area contributed by atoms with Crippen molar-refractivity contribution in [3.63, 3.8) is 0 Å². The first-order valence-electron chi connectivity index (χ1n) is 10.2. The van der Waals surface area contributed by atoms with Crippen molar-refractivity contribution in [3.8, 4) is 11.5 Å². The van der Waals surface area contributed by atoms with Crippen molar-refractivity contribution in [2.45, 2.75) is 38.0 Å². The van der Waals surface area contributed by atoms with Crippen LogP contribution in [0.5, 0.6) is 11.5 Å². The van der Waals surface area contributed by atoms with Gasteiger partial charge < -0.3 is 24.6 Å². The van der Waals surface area contributed by atoms with Crippen molar-refractivity contribution < 1.29 is 29.3 Å². The number of amides is 2. The zero-order chi connectivity index (χ0) is 22.3. The van der Waals surface area contributed by atoms with Gasteiger partial charge in [0.25, 0.3) is 5.91 Å². The Morgan fingerprint density at radius 3 is 2.61 bits per heavy atom. The lowest BCUT2D eigenvalue weighted by molar-refractivity contribution is -0.121. The fourth-order valence-electron chi connectivity index (χ4n) is 4.11. The number of hydrogen-bond donors (Lipinski definition) is 2. The Labute approximate surface area is 180 Å². The minimum absolute atomic E-state index is 0.0987. The highest BCUT2D eigenvalue weighted by Crippen LogP contribution is 2.48. The number of carbonyl (C=O) groups is 2. The number of carboxylic acid groups (broad SMARTS) is 1. The summed E-state index contributed by atoms with van der Waals surface area (Å²) in [6.07, 6.45) is -1.73. The van der Waals surface area contributed by atoms with Gasteiger partial charge in [0, 0.05) is 25.2 Å². The van der Waals surface area contributed by atoms with E-state index in [0.29, 0.717) is 29.2 Å². The maximum Gasteiger partial charge on any atom is 0.407 e. The van der Waals surface area contributed by atoms with E-state index in [1.807, 2.05) is 30.3 Å². The molecule has 2 aliphatic heterocycles. The monoisotopic (exact) mass is 426 g/mol. The molecular formula is C23H26N2O6. The third-order valence-corrected chi connectivity index (χ3v) is 5.95. The Bertz CT molecular complexity index is 1010. The number of aliphatic hydroxyl groups excluding tert-OH is 1. The molecule has 2 atom stereocenters. The van der Waals surface area contributed by atoms with Gasteiger partial charge >= 0.3 is 6.09 Å². The van der Waals surface area contributed by atoms with Crippen LogP contribution in [-0.4, -0.2) is 59.0 Å². The maximum absolute atomic E-state index is 12.3. The van der Waals surface area contributed by atoms with E-state index in [4.69, 9.17) is 9.47 Å². The lowest BCUT2D eigenvalue weighted by Crippen LogP contribution is -2.55. The van der Waals surface area contributed by atoms with Gasteiger partial charge in [0.15, 0.2) is 6.61 Å². The molecule has 8 nitrogen and oxygen atoms in total. The van der Waals surface area contributed by atoms with Gasteiger partial charge in [0.2, 0.25) is 0 Å². The predicted octanol–water partition coefficient (Wildman–Crippen LogP) is 2.84. The van der Waals surface area contributed by atoms with Gasteiger partial charge in [-0.15, -0.1) is 0 Å². The third kappa shape index (κ3) is 3.79. The topological polar surface area (TPSA) is 99.5 Å². The minimum atomic E-state index is -1.13. The molecule has 0 saturated heterocycles. The number of aliphatic hydroxyl groups is 1. The van der Waals surface area contributed by atoms with Crippen LogP contribution in [-0.2, 0) is 11.2 Å². The van der Waals surface area contributed by atoms with Crippen LogP contribution in [0.4, 0.5) is 10.5 Å². The average Bonchev–Trinajstić information content (AvgIpc) is 2.73. The van der Waals surface area contributed by atoms with Crippen LogP contribution < -0.4 is 14.4 Å². The zero-order valence-corrected chi connectivity index (χ0v) is 17.7. The molecule has 2 aromatic carbocycles. The molecule has 0 unspecified atom stereocenters. The Balaban J connectivity index is 1.75. The molecule has 2 N–H and O–H groups in total. The number of ether oxygens (including phenoxy) is 2. The third-order valence-electron chi connectivity index (χ3n) is 5.95. The van der Waals surface area contributed by atoms with Gasteiger partial charge in [0.05, 0.1) is 11.7 Å². The molecule has 2 aliphatic rings. The summed E-state index contributed by atoms with van der Waals surface area (Å²) in [7, 11) is 1.65. The molecule has 4 rings (SSSR count). The van der Waals surface area contributed by atoms with Crippen molar-refractivity contribution in [1.29, 1.82) is 0 Å². The maximum atomic E-state index is 12.3. The van der Waals surface area contributed by atoms with Gasteiger partial charge in [-0.25, -0.2) is 4.79 Å². The minimum Gasteiger partial charge on any atom is -0.485 e. The number of rotatable bonds is 4. The highest BCUT2D eigenvalue weighted by atomic mass is 16.5. The molecule has 0 fully saturated rings. The number of likely N-dealkylation sites (N-methyl/N-ethyl adjacent to an activating group) is 1. The van der Waals surface area contributed by atoms with Gasteiger partial charge in [-0.3, -0.25) is 9.69 Å². The van der Waals surface area contributed by atoms with Crippen molar-refractivity contribution in [2.24, 2.45) is 0 Å². The standard InChI is InChI=1S/C23H26N2O6/c1-23(2)21(27)20(25(22(28)29)10-9-14-7-5-4-6-8-14)15-11-18-16(12-17(15)31-23)24(3)19(26)13-30-18/h4-8,11-12,20-21,27H,9-10,13H2,1-3H3,(H,28,29)/t20-,21+/m0/s1. The van der Waals surface area contributed by atoms with E-state index in [2.05, 4.69) is 0 Å². The summed E-state index contributed by atoms with van der Waals surface area (Å²) in [6, 6.07) is 12.1. The Morgan fingerprint density at radius 2 is 1.94 bits per heavy atom. The molecule has 0 aliphatic carbocycles. The number of anilines is 1. The number of hydrogen-bond acceptors (Lipinski definition) is 5. The summed E-state index contributed by atoms with van der Waals surface area (Å²) >= 11 is 0. The quantitative estimate of drug-likeness (QED) is 0.780. The first-order chi connectivity index (χ1) is 14.7. The lowest BCUT2D eigenvalue weighted by Gasteiger charge is -2.46. The second-order valence-corrected chi connectivity index (χ2v) is 8.41. The summed E-state index contributed by atoms with van der Waals surface area (Å²) in [5.41, 5.74) is 1.03. The molecular weight excluding hydrogens is 400 g/mol. The SMILES string of the molecule is CN1C(=O)COc2cc3c(cc21)OC(C)(C)[C@H](O)[C@H]3N(CCc1ccccc1)C(=O)O. The van der Waals surface area contributed by atoms with E-state index in [-0.39, 0.29) is 19.1 Å². The van der Waals surface area contributed by atoms with Crippen molar-refractivity contribution >= 4 is 17.7 Å². The first-order valence-corrected chi connectivity index (χ1v) is 10.2. The lowest BCUT2D eigenvalue weighted by atomic mass is 9.85. The Morgan fingerprint density at radius 1 is 1.23 bits per heavy atom. The Kier molecular flexibility index (Phi) is 5.26. The van der Waals surface area contributed by atoms with Crippen molar-refractivity contribution in [1.82, 2.24) is 4.90 Å². The number of benzene rings is 2. The van der Waals surface area contributed by atoms with Crippen molar-refractivity contribution in [2.75, 3.05) is 25.1 Å².